The first kappa shape index (κ1) is 10.4. The van der Waals surface area contributed by atoms with Crippen LogP contribution in [-0.4, -0.2) is 33.7 Å². The van der Waals surface area contributed by atoms with E-state index >= 15 is 0 Å². The second kappa shape index (κ2) is 3.65. The van der Waals surface area contributed by atoms with Gasteiger partial charge in [-0.05, 0) is 19.3 Å². The zero-order chi connectivity index (χ0) is 12.0. The maximum absolute atomic E-state index is 11.2. The number of hydrogen-bond donors (Lipinski definition) is 2. The van der Waals surface area contributed by atoms with Crippen molar-refractivity contribution < 1.29 is 14.3 Å². The van der Waals surface area contributed by atoms with Crippen molar-refractivity contribution >= 4 is 12.1 Å². The van der Waals surface area contributed by atoms with Gasteiger partial charge in [0.25, 0.3) is 6.01 Å². The molecule has 3 N–H and O–H groups in total. The molecular weight excluding hydrogens is 222 g/mol. The number of likely N-dealkylation sites (tertiary alicyclic amines) is 1. The van der Waals surface area contributed by atoms with Gasteiger partial charge in [0.1, 0.15) is 5.76 Å². The number of rotatable bonds is 0. The van der Waals surface area contributed by atoms with E-state index in [-0.39, 0.29) is 18.0 Å². The van der Waals surface area contributed by atoms with E-state index in [1.807, 2.05) is 0 Å². The molecule has 0 spiro atoms. The summed E-state index contributed by atoms with van der Waals surface area (Å²) in [6.45, 7) is 0.624. The van der Waals surface area contributed by atoms with E-state index < -0.39 is 6.09 Å². The third-order valence-electron chi connectivity index (χ3n) is 3.79. The average molecular weight is 237 g/mol. The summed E-state index contributed by atoms with van der Waals surface area (Å²) in [7, 11) is 0. The van der Waals surface area contributed by atoms with E-state index in [2.05, 4.69) is 4.98 Å². The maximum atomic E-state index is 11.2. The van der Waals surface area contributed by atoms with Crippen molar-refractivity contribution in [3.8, 4) is 0 Å². The van der Waals surface area contributed by atoms with Gasteiger partial charge >= 0.3 is 6.09 Å². The van der Waals surface area contributed by atoms with Gasteiger partial charge in [-0.3, -0.25) is 0 Å². The summed E-state index contributed by atoms with van der Waals surface area (Å²) in [6, 6.07) is 0.237. The SMILES string of the molecule is Nc1nc2c(o1)CC[C@@H]1[C@@H]2CCCN1C(=O)O. The number of carbonyl (C=O) groups is 1. The summed E-state index contributed by atoms with van der Waals surface area (Å²) in [5, 5.41) is 9.19. The van der Waals surface area contributed by atoms with Crippen molar-refractivity contribution in [2.45, 2.75) is 37.6 Å². The smallest absolute Gasteiger partial charge is 0.407 e. The van der Waals surface area contributed by atoms with Crippen LogP contribution in [0.3, 0.4) is 0 Å². The van der Waals surface area contributed by atoms with Gasteiger partial charge in [-0.25, -0.2) is 4.79 Å². The molecule has 92 valence electrons. The van der Waals surface area contributed by atoms with E-state index in [1.54, 1.807) is 4.90 Å². The minimum Gasteiger partial charge on any atom is -0.465 e. The van der Waals surface area contributed by atoms with Gasteiger partial charge in [0, 0.05) is 24.9 Å². The fraction of sp³-hybridized carbons (Fsp3) is 0.636. The molecule has 17 heavy (non-hydrogen) atoms. The second-order valence-corrected chi connectivity index (χ2v) is 4.69. The van der Waals surface area contributed by atoms with Gasteiger partial charge in [0.05, 0.1) is 5.69 Å². The lowest BCUT2D eigenvalue weighted by atomic mass is 9.79. The lowest BCUT2D eigenvalue weighted by Gasteiger charge is -2.41. The van der Waals surface area contributed by atoms with Crippen LogP contribution in [0.2, 0.25) is 0 Å². The van der Waals surface area contributed by atoms with Crippen molar-refractivity contribution in [3.05, 3.63) is 11.5 Å². The summed E-state index contributed by atoms with van der Waals surface area (Å²) < 4.78 is 5.35. The quantitative estimate of drug-likeness (QED) is 0.712. The van der Waals surface area contributed by atoms with Crippen LogP contribution >= 0.6 is 0 Å². The van der Waals surface area contributed by atoms with Gasteiger partial charge in [0.2, 0.25) is 0 Å². The van der Waals surface area contributed by atoms with Gasteiger partial charge in [0.15, 0.2) is 0 Å². The van der Waals surface area contributed by atoms with Crippen molar-refractivity contribution in [3.63, 3.8) is 0 Å². The molecule has 0 radical (unpaired) electrons. The number of aryl methyl sites for hydroxylation is 1. The zero-order valence-electron chi connectivity index (χ0n) is 9.43. The summed E-state index contributed by atoms with van der Waals surface area (Å²) in [5.41, 5.74) is 6.45. The molecular formula is C11H15N3O3. The first-order chi connectivity index (χ1) is 8.16. The number of aromatic nitrogens is 1. The molecule has 0 aromatic carbocycles. The number of anilines is 1. The van der Waals surface area contributed by atoms with Crippen LogP contribution in [0.15, 0.2) is 4.42 Å². The molecule has 1 aromatic heterocycles. The van der Waals surface area contributed by atoms with Gasteiger partial charge in [-0.15, -0.1) is 0 Å². The highest BCUT2D eigenvalue weighted by Crippen LogP contribution is 2.40. The monoisotopic (exact) mass is 237 g/mol. The lowest BCUT2D eigenvalue weighted by Crippen LogP contribution is -2.48. The Morgan fingerprint density at radius 1 is 1.53 bits per heavy atom. The Labute approximate surface area is 98.4 Å². The van der Waals surface area contributed by atoms with E-state index in [0.29, 0.717) is 6.54 Å². The molecule has 2 atom stereocenters. The molecule has 1 aliphatic heterocycles. The first-order valence-corrected chi connectivity index (χ1v) is 5.91. The number of hydrogen-bond acceptors (Lipinski definition) is 4. The zero-order valence-corrected chi connectivity index (χ0v) is 9.43. The number of nitrogen functional groups attached to an aromatic ring is 1. The molecule has 2 heterocycles. The fourth-order valence-corrected chi connectivity index (χ4v) is 3.10. The molecule has 1 saturated heterocycles. The van der Waals surface area contributed by atoms with Gasteiger partial charge in [-0.2, -0.15) is 4.98 Å². The van der Waals surface area contributed by atoms with Crippen LogP contribution in [0, 0.1) is 0 Å². The number of piperidine rings is 1. The molecule has 1 aliphatic carbocycles. The highest BCUT2D eigenvalue weighted by Gasteiger charge is 2.41. The third kappa shape index (κ3) is 1.55. The van der Waals surface area contributed by atoms with Crippen LogP contribution in [-0.2, 0) is 6.42 Å². The maximum Gasteiger partial charge on any atom is 0.407 e. The normalized spacial score (nSPS) is 27.4. The van der Waals surface area contributed by atoms with Gasteiger partial charge < -0.3 is 20.2 Å². The lowest BCUT2D eigenvalue weighted by molar-refractivity contribution is 0.0875. The highest BCUT2D eigenvalue weighted by molar-refractivity contribution is 5.66. The van der Waals surface area contributed by atoms with E-state index in [4.69, 9.17) is 10.2 Å². The van der Waals surface area contributed by atoms with Crippen LogP contribution in [0.4, 0.5) is 10.8 Å². The summed E-state index contributed by atoms with van der Waals surface area (Å²) >= 11 is 0. The highest BCUT2D eigenvalue weighted by atomic mass is 16.4. The number of carboxylic acid groups (broad SMARTS) is 1. The minimum absolute atomic E-state index is 0.0400. The number of oxazole rings is 1. The van der Waals surface area contributed by atoms with E-state index in [9.17, 15) is 9.90 Å². The van der Waals surface area contributed by atoms with Crippen molar-refractivity contribution in [1.29, 1.82) is 0 Å². The Hall–Kier alpha value is -1.72. The van der Waals surface area contributed by atoms with Crippen molar-refractivity contribution in [1.82, 2.24) is 9.88 Å². The Morgan fingerprint density at radius 3 is 3.12 bits per heavy atom. The fourth-order valence-electron chi connectivity index (χ4n) is 3.10. The van der Waals surface area contributed by atoms with Crippen molar-refractivity contribution in [2.24, 2.45) is 0 Å². The standard InChI is InChI=1S/C11H15N3O3/c12-10-13-9-6-2-1-5-14(11(15)16)7(6)3-4-8(9)17-10/h6-7H,1-5H2,(H2,12,13)(H,15,16)/t6-,7+/m0/s1. The van der Waals surface area contributed by atoms with Crippen LogP contribution in [0.25, 0.3) is 0 Å². The number of nitrogens with two attached hydrogens (primary N) is 1. The average Bonchev–Trinajstić information content (AvgIpc) is 2.68. The molecule has 1 aromatic rings. The number of amides is 1. The Kier molecular flexibility index (Phi) is 2.24. The Morgan fingerprint density at radius 2 is 2.35 bits per heavy atom. The van der Waals surface area contributed by atoms with Crippen molar-refractivity contribution in [2.75, 3.05) is 12.3 Å². The van der Waals surface area contributed by atoms with Crippen LogP contribution < -0.4 is 5.73 Å². The molecule has 6 nitrogen and oxygen atoms in total. The number of nitrogens with zero attached hydrogens (tertiary/aromatic N) is 2. The summed E-state index contributed by atoms with van der Waals surface area (Å²) in [4.78, 5) is 16.9. The molecule has 2 aliphatic rings. The van der Waals surface area contributed by atoms with E-state index in [1.165, 1.54) is 0 Å². The van der Waals surface area contributed by atoms with Gasteiger partial charge in [-0.1, -0.05) is 0 Å². The predicted octanol–water partition coefficient (Wildman–Crippen LogP) is 1.43. The second-order valence-electron chi connectivity index (χ2n) is 4.69. The summed E-state index contributed by atoms with van der Waals surface area (Å²) in [6.07, 6.45) is 2.54. The molecule has 0 saturated carbocycles. The molecule has 0 unspecified atom stereocenters. The Bertz CT molecular complexity index is 457. The molecule has 3 rings (SSSR count). The van der Waals surface area contributed by atoms with Crippen LogP contribution in [0.1, 0.15) is 36.6 Å². The minimum atomic E-state index is -0.834. The predicted molar refractivity (Wildman–Crippen MR) is 59.7 cm³/mol. The Balaban J connectivity index is 1.95. The van der Waals surface area contributed by atoms with Crippen LogP contribution in [0.5, 0.6) is 0 Å². The number of fused-ring (bicyclic) bond motifs is 3. The third-order valence-corrected chi connectivity index (χ3v) is 3.79. The molecule has 1 fully saturated rings. The van der Waals surface area contributed by atoms with E-state index in [0.717, 1.165) is 37.1 Å². The molecule has 6 heteroatoms. The molecule has 0 bridgehead atoms. The topological polar surface area (TPSA) is 92.6 Å². The summed E-state index contributed by atoms with van der Waals surface area (Å²) in [5.74, 6) is 1.00. The first-order valence-electron chi connectivity index (χ1n) is 5.91. The largest absolute Gasteiger partial charge is 0.465 e. The molecule has 1 amide bonds.